The minimum atomic E-state index is -0.765. The molecule has 0 fully saturated rings. The van der Waals surface area contributed by atoms with Crippen LogP contribution in [0.3, 0.4) is 0 Å². The van der Waals surface area contributed by atoms with Crippen molar-refractivity contribution in [2.75, 3.05) is 6.54 Å². The standard InChI is InChI=1S/C14H20ClNO2/c1-10(2)16(8-7-14(17)18)11(3)12-5-4-6-13(15)9-12/h4-6,9-11H,7-8H2,1-3H3,(H,17,18). The molecule has 3 nitrogen and oxygen atoms in total. The Morgan fingerprint density at radius 2 is 2.06 bits per heavy atom. The minimum absolute atomic E-state index is 0.156. The van der Waals surface area contributed by atoms with Gasteiger partial charge in [-0.2, -0.15) is 0 Å². The molecule has 1 N–H and O–H groups in total. The first-order valence-corrected chi connectivity index (χ1v) is 6.52. The molecule has 1 aromatic carbocycles. The fourth-order valence-electron chi connectivity index (χ4n) is 2.08. The van der Waals surface area contributed by atoms with Gasteiger partial charge in [0, 0.05) is 23.7 Å². The van der Waals surface area contributed by atoms with E-state index in [9.17, 15) is 4.79 Å². The number of nitrogens with zero attached hydrogens (tertiary/aromatic N) is 1. The van der Waals surface area contributed by atoms with Crippen molar-refractivity contribution in [3.8, 4) is 0 Å². The zero-order valence-electron chi connectivity index (χ0n) is 11.1. The topological polar surface area (TPSA) is 40.5 Å². The van der Waals surface area contributed by atoms with E-state index in [2.05, 4.69) is 25.7 Å². The maximum Gasteiger partial charge on any atom is 0.304 e. The van der Waals surface area contributed by atoms with E-state index in [1.807, 2.05) is 24.3 Å². The molecule has 0 spiro atoms. The molecule has 0 saturated carbocycles. The van der Waals surface area contributed by atoms with Crippen molar-refractivity contribution in [2.45, 2.75) is 39.3 Å². The van der Waals surface area contributed by atoms with Gasteiger partial charge in [0.25, 0.3) is 0 Å². The van der Waals surface area contributed by atoms with E-state index in [1.54, 1.807) is 0 Å². The summed E-state index contributed by atoms with van der Waals surface area (Å²) in [6.07, 6.45) is 0.156. The molecule has 1 rings (SSSR count). The Kier molecular flexibility index (Phi) is 5.63. The van der Waals surface area contributed by atoms with E-state index >= 15 is 0 Å². The zero-order valence-corrected chi connectivity index (χ0v) is 11.8. The lowest BCUT2D eigenvalue weighted by atomic mass is 10.1. The molecule has 4 heteroatoms. The van der Waals surface area contributed by atoms with E-state index in [4.69, 9.17) is 16.7 Å². The Morgan fingerprint density at radius 3 is 2.56 bits per heavy atom. The summed E-state index contributed by atoms with van der Waals surface area (Å²) in [5.41, 5.74) is 1.11. The highest BCUT2D eigenvalue weighted by atomic mass is 35.5. The lowest BCUT2D eigenvalue weighted by Gasteiger charge is -2.32. The molecule has 0 amide bonds. The predicted molar refractivity (Wildman–Crippen MR) is 74.0 cm³/mol. The van der Waals surface area contributed by atoms with Crippen molar-refractivity contribution in [1.82, 2.24) is 4.90 Å². The molecular weight excluding hydrogens is 250 g/mol. The Bertz CT molecular complexity index is 407. The van der Waals surface area contributed by atoms with Gasteiger partial charge in [-0.15, -0.1) is 0 Å². The van der Waals surface area contributed by atoms with Crippen LogP contribution in [0, 0.1) is 0 Å². The highest BCUT2D eigenvalue weighted by Gasteiger charge is 2.19. The molecule has 0 saturated heterocycles. The highest BCUT2D eigenvalue weighted by molar-refractivity contribution is 6.30. The maximum absolute atomic E-state index is 10.7. The lowest BCUT2D eigenvalue weighted by Crippen LogP contribution is -2.35. The summed E-state index contributed by atoms with van der Waals surface area (Å²) in [6.45, 7) is 6.76. The highest BCUT2D eigenvalue weighted by Crippen LogP contribution is 2.24. The van der Waals surface area contributed by atoms with Gasteiger partial charge in [-0.3, -0.25) is 9.69 Å². The van der Waals surface area contributed by atoms with Crippen LogP contribution in [-0.2, 0) is 4.79 Å². The molecule has 0 bridgehead atoms. The van der Waals surface area contributed by atoms with Gasteiger partial charge in [0.1, 0.15) is 0 Å². The second-order valence-electron chi connectivity index (χ2n) is 4.71. The Hall–Kier alpha value is -1.06. The van der Waals surface area contributed by atoms with Crippen LogP contribution in [0.1, 0.15) is 38.8 Å². The number of carboxylic acids is 1. The van der Waals surface area contributed by atoms with Gasteiger partial charge in [-0.1, -0.05) is 23.7 Å². The fraction of sp³-hybridized carbons (Fsp3) is 0.500. The molecule has 1 unspecified atom stereocenters. The predicted octanol–water partition coefficient (Wildman–Crippen LogP) is 3.59. The van der Waals surface area contributed by atoms with Crippen LogP contribution in [0.5, 0.6) is 0 Å². The van der Waals surface area contributed by atoms with E-state index in [1.165, 1.54) is 0 Å². The molecule has 18 heavy (non-hydrogen) atoms. The van der Waals surface area contributed by atoms with Crippen molar-refractivity contribution < 1.29 is 9.90 Å². The smallest absolute Gasteiger partial charge is 0.304 e. The van der Waals surface area contributed by atoms with E-state index in [0.717, 1.165) is 5.56 Å². The SMILES string of the molecule is CC(C)N(CCC(=O)O)C(C)c1cccc(Cl)c1. The monoisotopic (exact) mass is 269 g/mol. The first-order chi connectivity index (χ1) is 8.41. The molecule has 0 aliphatic carbocycles. The normalized spacial score (nSPS) is 13.0. The van der Waals surface area contributed by atoms with Crippen LogP contribution in [0.15, 0.2) is 24.3 Å². The number of rotatable bonds is 6. The first-order valence-electron chi connectivity index (χ1n) is 6.14. The number of hydrogen-bond acceptors (Lipinski definition) is 2. The summed E-state index contributed by atoms with van der Waals surface area (Å²) in [6, 6.07) is 8.16. The van der Waals surface area contributed by atoms with Gasteiger partial charge in [-0.05, 0) is 38.5 Å². The van der Waals surface area contributed by atoms with Crippen LogP contribution in [0.25, 0.3) is 0 Å². The number of halogens is 1. The fourth-order valence-corrected chi connectivity index (χ4v) is 2.28. The third kappa shape index (κ3) is 4.31. The van der Waals surface area contributed by atoms with Crippen molar-refractivity contribution in [2.24, 2.45) is 0 Å². The number of carboxylic acid groups (broad SMARTS) is 1. The molecule has 0 aromatic heterocycles. The van der Waals surface area contributed by atoms with Gasteiger partial charge in [0.15, 0.2) is 0 Å². The van der Waals surface area contributed by atoms with Crippen LogP contribution < -0.4 is 0 Å². The van der Waals surface area contributed by atoms with Gasteiger partial charge in [0.2, 0.25) is 0 Å². The van der Waals surface area contributed by atoms with E-state index < -0.39 is 5.97 Å². The lowest BCUT2D eigenvalue weighted by molar-refractivity contribution is -0.137. The molecule has 1 aromatic rings. The molecule has 0 aliphatic heterocycles. The van der Waals surface area contributed by atoms with Gasteiger partial charge in [0.05, 0.1) is 6.42 Å². The average molecular weight is 270 g/mol. The third-order valence-corrected chi connectivity index (χ3v) is 3.31. The van der Waals surface area contributed by atoms with E-state index in [-0.39, 0.29) is 12.5 Å². The Balaban J connectivity index is 2.82. The summed E-state index contributed by atoms with van der Waals surface area (Å²) in [7, 11) is 0. The van der Waals surface area contributed by atoms with Crippen molar-refractivity contribution in [3.63, 3.8) is 0 Å². The Morgan fingerprint density at radius 1 is 1.39 bits per heavy atom. The van der Waals surface area contributed by atoms with E-state index in [0.29, 0.717) is 17.6 Å². The van der Waals surface area contributed by atoms with Gasteiger partial charge in [-0.25, -0.2) is 0 Å². The van der Waals surface area contributed by atoms with Crippen LogP contribution >= 0.6 is 11.6 Å². The summed E-state index contributed by atoms with van der Waals surface area (Å²) in [4.78, 5) is 12.9. The second-order valence-corrected chi connectivity index (χ2v) is 5.14. The average Bonchev–Trinajstić information content (AvgIpc) is 2.28. The summed E-state index contributed by atoms with van der Waals surface area (Å²) < 4.78 is 0. The first kappa shape index (κ1) is 15.0. The Labute approximate surface area is 113 Å². The third-order valence-electron chi connectivity index (χ3n) is 3.08. The molecule has 0 radical (unpaired) electrons. The zero-order chi connectivity index (χ0) is 13.7. The minimum Gasteiger partial charge on any atom is -0.481 e. The number of aliphatic carboxylic acids is 1. The molecule has 100 valence electrons. The molecule has 1 atom stereocenters. The summed E-state index contributed by atoms with van der Waals surface area (Å²) >= 11 is 5.99. The van der Waals surface area contributed by atoms with Gasteiger partial charge < -0.3 is 5.11 Å². The maximum atomic E-state index is 10.7. The summed E-state index contributed by atoms with van der Waals surface area (Å²) in [5, 5.41) is 9.50. The number of benzene rings is 1. The van der Waals surface area contributed by atoms with Crippen LogP contribution in [0.2, 0.25) is 5.02 Å². The van der Waals surface area contributed by atoms with Gasteiger partial charge >= 0.3 is 5.97 Å². The molecule has 0 heterocycles. The largest absolute Gasteiger partial charge is 0.481 e. The van der Waals surface area contributed by atoms with Crippen molar-refractivity contribution in [3.05, 3.63) is 34.9 Å². The number of hydrogen-bond donors (Lipinski definition) is 1. The van der Waals surface area contributed by atoms with Crippen LogP contribution in [0.4, 0.5) is 0 Å². The van der Waals surface area contributed by atoms with Crippen LogP contribution in [-0.4, -0.2) is 28.6 Å². The quantitative estimate of drug-likeness (QED) is 0.858. The van der Waals surface area contributed by atoms with Crippen molar-refractivity contribution >= 4 is 17.6 Å². The molecular formula is C14H20ClNO2. The second kappa shape index (κ2) is 6.76. The molecule has 0 aliphatic rings. The summed E-state index contributed by atoms with van der Waals surface area (Å²) in [5.74, 6) is -0.765. The van der Waals surface area contributed by atoms with Crippen molar-refractivity contribution in [1.29, 1.82) is 0 Å². The number of carbonyl (C=O) groups is 1.